The van der Waals surface area contributed by atoms with Gasteiger partial charge in [-0.3, -0.25) is 0 Å². The highest BCUT2D eigenvalue weighted by Crippen LogP contribution is 2.22. The van der Waals surface area contributed by atoms with Crippen LogP contribution >= 0.6 is 11.3 Å². The van der Waals surface area contributed by atoms with Crippen molar-refractivity contribution in [2.24, 2.45) is 0 Å². The largest absolute Gasteiger partial charge is 0.488 e. The maximum atomic E-state index is 9.52. The Labute approximate surface area is 111 Å². The zero-order valence-corrected chi connectivity index (χ0v) is 11.6. The van der Waals surface area contributed by atoms with E-state index in [1.54, 1.807) is 18.3 Å². The molecule has 18 heavy (non-hydrogen) atoms. The van der Waals surface area contributed by atoms with Crippen LogP contribution in [0.25, 0.3) is 0 Å². The van der Waals surface area contributed by atoms with Crippen molar-refractivity contribution in [3.63, 3.8) is 0 Å². The third-order valence-electron chi connectivity index (χ3n) is 2.71. The minimum absolute atomic E-state index is 0.471. The van der Waals surface area contributed by atoms with Crippen LogP contribution in [0.3, 0.4) is 0 Å². The van der Waals surface area contributed by atoms with Gasteiger partial charge in [-0.1, -0.05) is 12.1 Å². The standard InChI is InChI=1S/C14H17NO2S/c1-9-14(18-11(3)15-9)8-17-13-6-4-5-12(7-13)10(2)16/h4-7,10,16H,8H2,1-3H3/t10-/m0/s1. The number of hydrogen-bond acceptors (Lipinski definition) is 4. The molecule has 0 aliphatic rings. The second-order valence-corrected chi connectivity index (χ2v) is 5.57. The fourth-order valence-electron chi connectivity index (χ4n) is 1.72. The van der Waals surface area contributed by atoms with Crippen molar-refractivity contribution >= 4 is 11.3 Å². The monoisotopic (exact) mass is 263 g/mol. The molecule has 0 spiro atoms. The van der Waals surface area contributed by atoms with E-state index in [0.29, 0.717) is 6.61 Å². The lowest BCUT2D eigenvalue weighted by Gasteiger charge is -2.09. The van der Waals surface area contributed by atoms with Gasteiger partial charge in [0.15, 0.2) is 0 Å². The van der Waals surface area contributed by atoms with Gasteiger partial charge in [0.1, 0.15) is 12.4 Å². The third-order valence-corrected chi connectivity index (χ3v) is 3.76. The van der Waals surface area contributed by atoms with Gasteiger partial charge in [-0.15, -0.1) is 11.3 Å². The Hall–Kier alpha value is -1.39. The smallest absolute Gasteiger partial charge is 0.124 e. The van der Waals surface area contributed by atoms with E-state index in [1.165, 1.54) is 0 Å². The molecule has 0 aliphatic carbocycles. The zero-order valence-electron chi connectivity index (χ0n) is 10.8. The summed E-state index contributed by atoms with van der Waals surface area (Å²) >= 11 is 1.66. The summed E-state index contributed by atoms with van der Waals surface area (Å²) < 4.78 is 5.74. The number of aryl methyl sites for hydroxylation is 2. The molecule has 1 atom stereocenters. The summed E-state index contributed by atoms with van der Waals surface area (Å²) in [5.41, 5.74) is 1.90. The highest BCUT2D eigenvalue weighted by atomic mass is 32.1. The van der Waals surface area contributed by atoms with Crippen LogP contribution in [0.15, 0.2) is 24.3 Å². The SMILES string of the molecule is Cc1nc(C)c(COc2cccc([C@H](C)O)c2)s1. The zero-order chi connectivity index (χ0) is 13.1. The molecule has 3 nitrogen and oxygen atoms in total. The Kier molecular flexibility index (Phi) is 3.99. The highest BCUT2D eigenvalue weighted by Gasteiger charge is 2.06. The van der Waals surface area contributed by atoms with E-state index in [2.05, 4.69) is 4.98 Å². The highest BCUT2D eigenvalue weighted by molar-refractivity contribution is 7.11. The van der Waals surface area contributed by atoms with E-state index in [9.17, 15) is 5.11 Å². The summed E-state index contributed by atoms with van der Waals surface area (Å²) in [6, 6.07) is 7.55. The molecule has 0 radical (unpaired) electrons. The predicted molar refractivity (Wildman–Crippen MR) is 73.0 cm³/mol. The first-order chi connectivity index (χ1) is 8.56. The van der Waals surface area contributed by atoms with Crippen LogP contribution < -0.4 is 4.74 Å². The lowest BCUT2D eigenvalue weighted by molar-refractivity contribution is 0.198. The molecule has 96 valence electrons. The Bertz CT molecular complexity index is 534. The minimum Gasteiger partial charge on any atom is -0.488 e. The van der Waals surface area contributed by atoms with E-state index in [-0.39, 0.29) is 0 Å². The van der Waals surface area contributed by atoms with E-state index < -0.39 is 6.10 Å². The number of rotatable bonds is 4. The first-order valence-electron chi connectivity index (χ1n) is 5.90. The predicted octanol–water partition coefficient (Wildman–Crippen LogP) is 3.39. The second-order valence-electron chi connectivity index (χ2n) is 4.28. The number of thiazole rings is 1. The summed E-state index contributed by atoms with van der Waals surface area (Å²) in [7, 11) is 0. The third kappa shape index (κ3) is 3.09. The van der Waals surface area contributed by atoms with Gasteiger partial charge >= 0.3 is 0 Å². The van der Waals surface area contributed by atoms with Gasteiger partial charge in [0, 0.05) is 0 Å². The van der Waals surface area contributed by atoms with Crippen molar-refractivity contribution in [3.05, 3.63) is 45.4 Å². The van der Waals surface area contributed by atoms with Crippen LogP contribution in [0.1, 0.15) is 34.2 Å². The number of aliphatic hydroxyl groups is 1. The maximum Gasteiger partial charge on any atom is 0.124 e. The fourth-order valence-corrected chi connectivity index (χ4v) is 2.57. The number of aliphatic hydroxyl groups excluding tert-OH is 1. The van der Waals surface area contributed by atoms with Gasteiger partial charge < -0.3 is 9.84 Å². The van der Waals surface area contributed by atoms with Crippen LogP contribution in [0.5, 0.6) is 5.75 Å². The van der Waals surface area contributed by atoms with Crippen molar-refractivity contribution in [2.45, 2.75) is 33.5 Å². The van der Waals surface area contributed by atoms with E-state index >= 15 is 0 Å². The quantitative estimate of drug-likeness (QED) is 0.919. The molecule has 2 aromatic rings. The molecule has 1 N–H and O–H groups in total. The summed E-state index contributed by atoms with van der Waals surface area (Å²) in [5, 5.41) is 10.6. The molecule has 0 fully saturated rings. The van der Waals surface area contributed by atoms with Gasteiger partial charge in [-0.2, -0.15) is 0 Å². The first kappa shape index (κ1) is 13.1. The van der Waals surface area contributed by atoms with Crippen LogP contribution in [0.4, 0.5) is 0 Å². The topological polar surface area (TPSA) is 42.4 Å². The maximum absolute atomic E-state index is 9.52. The second kappa shape index (κ2) is 5.50. The van der Waals surface area contributed by atoms with Gasteiger partial charge in [0.2, 0.25) is 0 Å². The fraction of sp³-hybridized carbons (Fsp3) is 0.357. The molecule has 0 unspecified atom stereocenters. The summed E-state index contributed by atoms with van der Waals surface area (Å²) in [6.07, 6.45) is -0.471. The normalized spacial score (nSPS) is 12.4. The van der Waals surface area contributed by atoms with Crippen molar-refractivity contribution in [3.8, 4) is 5.75 Å². The molecule has 0 bridgehead atoms. The molecular weight excluding hydrogens is 246 g/mol. The van der Waals surface area contributed by atoms with Gasteiger partial charge in [-0.25, -0.2) is 4.98 Å². The van der Waals surface area contributed by atoms with Crippen molar-refractivity contribution in [1.29, 1.82) is 0 Å². The molecule has 2 rings (SSSR count). The molecule has 0 saturated heterocycles. The Morgan fingerprint density at radius 3 is 2.78 bits per heavy atom. The first-order valence-corrected chi connectivity index (χ1v) is 6.71. The van der Waals surface area contributed by atoms with Gasteiger partial charge in [0.05, 0.1) is 21.7 Å². The van der Waals surface area contributed by atoms with Crippen LogP contribution in [-0.2, 0) is 6.61 Å². The molecule has 1 aromatic heterocycles. The van der Waals surface area contributed by atoms with Gasteiger partial charge in [-0.05, 0) is 38.5 Å². The molecule has 0 aliphatic heterocycles. The number of aromatic nitrogens is 1. The average Bonchev–Trinajstić information content (AvgIpc) is 2.65. The number of ether oxygens (including phenoxy) is 1. The number of hydrogen-bond donors (Lipinski definition) is 1. The lowest BCUT2D eigenvalue weighted by Crippen LogP contribution is -1.97. The lowest BCUT2D eigenvalue weighted by atomic mass is 10.1. The Balaban J connectivity index is 2.06. The van der Waals surface area contributed by atoms with E-state index in [4.69, 9.17) is 4.74 Å². The minimum atomic E-state index is -0.471. The number of benzene rings is 1. The van der Waals surface area contributed by atoms with Crippen molar-refractivity contribution in [1.82, 2.24) is 4.98 Å². The van der Waals surface area contributed by atoms with Gasteiger partial charge in [0.25, 0.3) is 0 Å². The Morgan fingerprint density at radius 1 is 1.39 bits per heavy atom. The van der Waals surface area contributed by atoms with E-state index in [0.717, 1.165) is 26.9 Å². The molecule has 1 heterocycles. The molecule has 0 saturated carbocycles. The summed E-state index contributed by atoms with van der Waals surface area (Å²) in [6.45, 7) is 6.26. The van der Waals surface area contributed by atoms with Crippen LogP contribution in [0, 0.1) is 13.8 Å². The molecule has 1 aromatic carbocycles. The van der Waals surface area contributed by atoms with Crippen LogP contribution in [-0.4, -0.2) is 10.1 Å². The van der Waals surface area contributed by atoms with E-state index in [1.807, 2.05) is 38.1 Å². The molecular formula is C14H17NO2S. The molecule has 0 amide bonds. The Morgan fingerprint density at radius 2 is 2.17 bits per heavy atom. The van der Waals surface area contributed by atoms with Crippen molar-refractivity contribution < 1.29 is 9.84 Å². The molecule has 4 heteroatoms. The van der Waals surface area contributed by atoms with Crippen LogP contribution in [0.2, 0.25) is 0 Å². The van der Waals surface area contributed by atoms with Crippen molar-refractivity contribution in [2.75, 3.05) is 0 Å². The summed E-state index contributed by atoms with van der Waals surface area (Å²) in [5.74, 6) is 0.777. The average molecular weight is 263 g/mol. The summed E-state index contributed by atoms with van der Waals surface area (Å²) in [4.78, 5) is 5.52. The number of nitrogens with zero attached hydrogens (tertiary/aromatic N) is 1.